The molecule has 1 amide bonds. The number of amides is 1. The van der Waals surface area contributed by atoms with Gasteiger partial charge in [0.05, 0.1) is 11.3 Å². The van der Waals surface area contributed by atoms with E-state index in [0.717, 1.165) is 35.8 Å². The molecule has 0 saturated carbocycles. The predicted molar refractivity (Wildman–Crippen MR) is 85.1 cm³/mol. The number of hydrogen-bond donors (Lipinski definition) is 2. The Hall–Kier alpha value is -1.75. The molecule has 0 radical (unpaired) electrons. The van der Waals surface area contributed by atoms with E-state index < -0.39 is 5.97 Å². The second-order valence-electron chi connectivity index (χ2n) is 5.07. The molecule has 1 aromatic rings. The molecule has 21 heavy (non-hydrogen) atoms. The van der Waals surface area contributed by atoms with Crippen LogP contribution >= 0.6 is 11.8 Å². The number of carboxylic acid groups (broad SMARTS) is 1. The van der Waals surface area contributed by atoms with Crippen LogP contribution in [0.1, 0.15) is 36.9 Å². The summed E-state index contributed by atoms with van der Waals surface area (Å²) in [4.78, 5) is 22.6. The highest BCUT2D eigenvalue weighted by molar-refractivity contribution is 8.00. The molecular formula is C16H19NO3S. The topological polar surface area (TPSA) is 66.4 Å². The molecule has 0 aromatic heterocycles. The van der Waals surface area contributed by atoms with Crippen molar-refractivity contribution in [2.75, 3.05) is 5.75 Å². The first-order valence-electron chi connectivity index (χ1n) is 6.99. The van der Waals surface area contributed by atoms with Gasteiger partial charge in [-0.3, -0.25) is 4.79 Å². The maximum atomic E-state index is 12.1. The fourth-order valence-corrected chi connectivity index (χ4v) is 3.44. The fourth-order valence-electron chi connectivity index (χ4n) is 2.27. The lowest BCUT2D eigenvalue weighted by molar-refractivity contribution is -0.131. The predicted octanol–water partition coefficient (Wildman–Crippen LogP) is 2.86. The van der Waals surface area contributed by atoms with E-state index in [1.165, 1.54) is 0 Å². The monoisotopic (exact) mass is 305 g/mol. The summed E-state index contributed by atoms with van der Waals surface area (Å²) in [6.45, 7) is 1.94. The molecular weight excluding hydrogens is 286 g/mol. The van der Waals surface area contributed by atoms with Crippen LogP contribution in [-0.2, 0) is 9.59 Å². The van der Waals surface area contributed by atoms with Crippen LogP contribution in [0.3, 0.4) is 0 Å². The highest BCUT2D eigenvalue weighted by atomic mass is 32.2. The number of rotatable bonds is 5. The summed E-state index contributed by atoms with van der Waals surface area (Å²) in [7, 11) is 0. The lowest BCUT2D eigenvalue weighted by atomic mass is 10.0. The Morgan fingerprint density at radius 1 is 1.48 bits per heavy atom. The average Bonchev–Trinajstić information content (AvgIpc) is 2.99. The molecule has 2 atom stereocenters. The second-order valence-corrected chi connectivity index (χ2v) is 6.38. The van der Waals surface area contributed by atoms with Crippen molar-refractivity contribution in [1.29, 1.82) is 0 Å². The van der Waals surface area contributed by atoms with Gasteiger partial charge in [0.25, 0.3) is 0 Å². The average molecular weight is 305 g/mol. The van der Waals surface area contributed by atoms with E-state index in [9.17, 15) is 9.59 Å². The number of thioether (sulfide) groups is 1. The molecule has 0 bridgehead atoms. The van der Waals surface area contributed by atoms with Gasteiger partial charge in [-0.1, -0.05) is 18.2 Å². The normalized spacial score (nSPS) is 19.6. The third-order valence-electron chi connectivity index (χ3n) is 3.41. The molecule has 1 fully saturated rings. The van der Waals surface area contributed by atoms with Crippen molar-refractivity contribution in [3.8, 4) is 0 Å². The van der Waals surface area contributed by atoms with Crippen LogP contribution in [0.5, 0.6) is 0 Å². The summed E-state index contributed by atoms with van der Waals surface area (Å²) in [6, 6.07) is 7.45. The summed E-state index contributed by atoms with van der Waals surface area (Å²) >= 11 is 1.71. The van der Waals surface area contributed by atoms with Crippen LogP contribution in [-0.4, -0.2) is 28.0 Å². The van der Waals surface area contributed by atoms with Crippen LogP contribution in [0.4, 0.5) is 0 Å². The Bertz CT molecular complexity index is 550. The highest BCUT2D eigenvalue weighted by Gasteiger charge is 2.24. The number of hydrogen-bond acceptors (Lipinski definition) is 3. The number of carbonyl (C=O) groups excluding carboxylic acids is 1. The van der Waals surface area contributed by atoms with E-state index in [0.29, 0.717) is 0 Å². The van der Waals surface area contributed by atoms with E-state index in [4.69, 9.17) is 5.11 Å². The van der Waals surface area contributed by atoms with E-state index in [1.807, 2.05) is 31.2 Å². The SMILES string of the molecule is CC(NC(=O)C1CCCS1)c1cccc(C=CC(=O)O)c1. The summed E-state index contributed by atoms with van der Waals surface area (Å²) < 4.78 is 0. The van der Waals surface area contributed by atoms with Crippen molar-refractivity contribution in [1.82, 2.24) is 5.32 Å². The zero-order valence-electron chi connectivity index (χ0n) is 11.9. The molecule has 1 heterocycles. The molecule has 1 aliphatic heterocycles. The van der Waals surface area contributed by atoms with Gasteiger partial charge in [0.1, 0.15) is 0 Å². The van der Waals surface area contributed by atoms with Crippen molar-refractivity contribution in [3.05, 3.63) is 41.5 Å². The molecule has 1 aliphatic rings. The first-order valence-corrected chi connectivity index (χ1v) is 8.04. The second kappa shape index (κ2) is 7.31. The van der Waals surface area contributed by atoms with Crippen molar-refractivity contribution in [3.63, 3.8) is 0 Å². The Labute approximate surface area is 128 Å². The van der Waals surface area contributed by atoms with E-state index in [2.05, 4.69) is 5.32 Å². The number of carboxylic acids is 1. The van der Waals surface area contributed by atoms with Crippen LogP contribution in [0.25, 0.3) is 6.08 Å². The maximum absolute atomic E-state index is 12.1. The Kier molecular flexibility index (Phi) is 5.44. The minimum atomic E-state index is -0.972. The smallest absolute Gasteiger partial charge is 0.328 e. The van der Waals surface area contributed by atoms with E-state index in [-0.39, 0.29) is 17.2 Å². The maximum Gasteiger partial charge on any atom is 0.328 e. The van der Waals surface area contributed by atoms with Gasteiger partial charge in [0, 0.05) is 6.08 Å². The van der Waals surface area contributed by atoms with Gasteiger partial charge in [-0.2, -0.15) is 0 Å². The fraction of sp³-hybridized carbons (Fsp3) is 0.375. The van der Waals surface area contributed by atoms with Crippen molar-refractivity contribution in [2.45, 2.75) is 31.1 Å². The van der Waals surface area contributed by atoms with Crippen LogP contribution < -0.4 is 5.32 Å². The third-order valence-corrected chi connectivity index (χ3v) is 4.79. The number of carbonyl (C=O) groups is 2. The van der Waals surface area contributed by atoms with Crippen molar-refractivity contribution in [2.24, 2.45) is 0 Å². The largest absolute Gasteiger partial charge is 0.478 e. The number of nitrogens with one attached hydrogen (secondary N) is 1. The number of aliphatic carboxylic acids is 1. The van der Waals surface area contributed by atoms with Gasteiger partial charge in [0.2, 0.25) is 5.91 Å². The summed E-state index contributed by atoms with van der Waals surface area (Å²) in [6.07, 6.45) is 4.71. The standard InChI is InChI=1S/C16H19NO3S/c1-11(17-16(20)14-6-3-9-21-14)13-5-2-4-12(10-13)7-8-15(18)19/h2,4-5,7-8,10-11,14H,3,6,9H2,1H3,(H,17,20)(H,18,19). The van der Waals surface area contributed by atoms with Gasteiger partial charge in [-0.05, 0) is 48.8 Å². The van der Waals surface area contributed by atoms with Gasteiger partial charge in [0.15, 0.2) is 0 Å². The summed E-state index contributed by atoms with van der Waals surface area (Å²) in [5, 5.41) is 11.7. The minimum absolute atomic E-state index is 0.0718. The Morgan fingerprint density at radius 3 is 2.95 bits per heavy atom. The molecule has 2 unspecified atom stereocenters. The van der Waals surface area contributed by atoms with Gasteiger partial charge in [-0.25, -0.2) is 4.79 Å². The van der Waals surface area contributed by atoms with Gasteiger partial charge >= 0.3 is 5.97 Å². The van der Waals surface area contributed by atoms with E-state index in [1.54, 1.807) is 17.8 Å². The minimum Gasteiger partial charge on any atom is -0.478 e. The molecule has 2 N–H and O–H groups in total. The Balaban J connectivity index is 2.01. The first-order chi connectivity index (χ1) is 10.1. The highest BCUT2D eigenvalue weighted by Crippen LogP contribution is 2.27. The third kappa shape index (κ3) is 4.63. The Morgan fingerprint density at radius 2 is 2.29 bits per heavy atom. The molecule has 0 aliphatic carbocycles. The van der Waals surface area contributed by atoms with Crippen LogP contribution in [0, 0.1) is 0 Å². The number of benzene rings is 1. The summed E-state index contributed by atoms with van der Waals surface area (Å²) in [5.41, 5.74) is 1.78. The zero-order valence-corrected chi connectivity index (χ0v) is 12.7. The van der Waals surface area contributed by atoms with Gasteiger partial charge < -0.3 is 10.4 Å². The van der Waals surface area contributed by atoms with Gasteiger partial charge in [-0.15, -0.1) is 11.8 Å². The zero-order chi connectivity index (χ0) is 15.2. The molecule has 2 rings (SSSR count). The molecule has 1 saturated heterocycles. The lowest BCUT2D eigenvalue weighted by Gasteiger charge is -2.17. The summed E-state index contributed by atoms with van der Waals surface area (Å²) in [5.74, 6) is 0.179. The van der Waals surface area contributed by atoms with E-state index >= 15 is 0 Å². The molecule has 0 spiro atoms. The quantitative estimate of drug-likeness (QED) is 0.821. The van der Waals surface area contributed by atoms with Crippen molar-refractivity contribution < 1.29 is 14.7 Å². The molecule has 5 heteroatoms. The first kappa shape index (κ1) is 15.6. The molecule has 4 nitrogen and oxygen atoms in total. The van der Waals surface area contributed by atoms with Crippen LogP contribution in [0.2, 0.25) is 0 Å². The molecule has 1 aromatic carbocycles. The van der Waals surface area contributed by atoms with Crippen molar-refractivity contribution >= 4 is 29.7 Å². The molecule has 112 valence electrons. The lowest BCUT2D eigenvalue weighted by Crippen LogP contribution is -2.33. The van der Waals surface area contributed by atoms with Crippen LogP contribution in [0.15, 0.2) is 30.3 Å².